The van der Waals surface area contributed by atoms with Gasteiger partial charge in [0, 0.05) is 31.7 Å². The molecule has 1 aromatic heterocycles. The molecule has 4 rings (SSSR count). The van der Waals surface area contributed by atoms with E-state index in [1.807, 2.05) is 13.8 Å². The summed E-state index contributed by atoms with van der Waals surface area (Å²) in [6.45, 7) is 9.34. The zero-order valence-corrected chi connectivity index (χ0v) is 20.7. The molecule has 1 fully saturated rings. The van der Waals surface area contributed by atoms with Crippen molar-refractivity contribution < 1.29 is 24.0 Å². The monoisotopic (exact) mass is 481 g/mol. The van der Waals surface area contributed by atoms with Gasteiger partial charge in [-0.05, 0) is 42.5 Å². The zero-order chi connectivity index (χ0) is 25.1. The Morgan fingerprint density at radius 3 is 2.69 bits per heavy atom. The van der Waals surface area contributed by atoms with Gasteiger partial charge in [0.2, 0.25) is 0 Å². The predicted molar refractivity (Wildman–Crippen MR) is 131 cm³/mol. The molecular weight excluding hydrogens is 449 g/mol. The third-order valence-electron chi connectivity index (χ3n) is 6.56. The first kappa shape index (κ1) is 25.1. The van der Waals surface area contributed by atoms with Crippen LogP contribution in [0.4, 0.5) is 5.82 Å². The number of amides is 1. The van der Waals surface area contributed by atoms with Crippen molar-refractivity contribution in [3.8, 4) is 0 Å². The third-order valence-corrected chi connectivity index (χ3v) is 6.56. The molecular formula is C24H32BN5O5. The number of carbonyl (C=O) groups excluding carboxylic acids is 2. The minimum Gasteiger partial charge on any atom is -0.458 e. The molecule has 0 radical (unpaired) electrons. The minimum absolute atomic E-state index is 0.0338. The van der Waals surface area contributed by atoms with Gasteiger partial charge in [0.1, 0.15) is 18.5 Å². The standard InChI is InChI=1S/C24H32BN5O5/c1-15(2)22(28-23(31)19-6-5-17-13-35-25(33)21(17)16(19)3)24(32)34-14-18-11-26-12-20(27-18)30-9-7-29(4)8-10-30/h5-6,11-12,15,22,33H,7-10,13-14H2,1-4H3,(H,28,31)/t22-/m0/s1. The molecule has 1 saturated heterocycles. The molecule has 11 heteroatoms. The Hall–Kier alpha value is -3.02. The van der Waals surface area contributed by atoms with E-state index in [-0.39, 0.29) is 12.5 Å². The summed E-state index contributed by atoms with van der Waals surface area (Å²) in [5.74, 6) is -0.379. The van der Waals surface area contributed by atoms with Crippen LogP contribution in [-0.2, 0) is 27.4 Å². The second-order valence-corrected chi connectivity index (χ2v) is 9.44. The first-order valence-electron chi connectivity index (χ1n) is 11.9. The summed E-state index contributed by atoms with van der Waals surface area (Å²) in [6.07, 6.45) is 3.30. The van der Waals surface area contributed by atoms with Crippen LogP contribution in [0.15, 0.2) is 24.5 Å². The van der Waals surface area contributed by atoms with Crippen LogP contribution in [-0.4, -0.2) is 78.2 Å². The SMILES string of the molecule is Cc1c(C(=O)N[C@H](C(=O)OCc2cncc(N3CCN(C)CC3)n2)C(C)C)ccc2c1B(O)OC2. The van der Waals surface area contributed by atoms with Gasteiger partial charge >= 0.3 is 13.1 Å². The molecule has 1 amide bonds. The quantitative estimate of drug-likeness (QED) is 0.424. The second-order valence-electron chi connectivity index (χ2n) is 9.44. The number of anilines is 1. The van der Waals surface area contributed by atoms with Crippen LogP contribution in [0.3, 0.4) is 0 Å². The Kier molecular flexibility index (Phi) is 7.68. The highest BCUT2D eigenvalue weighted by molar-refractivity contribution is 6.62. The number of esters is 1. The molecule has 0 aliphatic carbocycles. The lowest BCUT2D eigenvalue weighted by Crippen LogP contribution is -2.46. The van der Waals surface area contributed by atoms with Crippen LogP contribution >= 0.6 is 0 Å². The second kappa shape index (κ2) is 10.7. The topological polar surface area (TPSA) is 117 Å². The molecule has 1 aromatic carbocycles. The maximum Gasteiger partial charge on any atom is 0.492 e. The predicted octanol–water partition coefficient (Wildman–Crippen LogP) is 0.252. The van der Waals surface area contributed by atoms with E-state index in [4.69, 9.17) is 9.39 Å². The summed E-state index contributed by atoms with van der Waals surface area (Å²) in [4.78, 5) is 39.2. The number of ether oxygens (including phenoxy) is 1. The van der Waals surface area contributed by atoms with E-state index in [9.17, 15) is 14.6 Å². The summed E-state index contributed by atoms with van der Waals surface area (Å²) in [5, 5.41) is 12.9. The van der Waals surface area contributed by atoms with E-state index in [2.05, 4.69) is 32.1 Å². The molecule has 0 bridgehead atoms. The molecule has 2 N–H and O–H groups in total. The molecule has 1 atom stereocenters. The third kappa shape index (κ3) is 5.63. The van der Waals surface area contributed by atoms with Crippen molar-refractivity contribution in [1.82, 2.24) is 20.2 Å². The number of carbonyl (C=O) groups is 2. The fraction of sp³-hybridized carbons (Fsp3) is 0.500. The number of hydrogen-bond donors (Lipinski definition) is 2. The van der Waals surface area contributed by atoms with Gasteiger partial charge in [0.05, 0.1) is 24.7 Å². The average molecular weight is 481 g/mol. The lowest BCUT2D eigenvalue weighted by molar-refractivity contribution is -0.148. The van der Waals surface area contributed by atoms with Crippen LogP contribution in [0.2, 0.25) is 0 Å². The van der Waals surface area contributed by atoms with Crippen LogP contribution in [0.5, 0.6) is 0 Å². The van der Waals surface area contributed by atoms with E-state index in [1.165, 1.54) is 0 Å². The number of piperazine rings is 1. The number of benzene rings is 1. The van der Waals surface area contributed by atoms with Crippen LogP contribution in [0.25, 0.3) is 0 Å². The lowest BCUT2D eigenvalue weighted by atomic mass is 9.75. The summed E-state index contributed by atoms with van der Waals surface area (Å²) in [6, 6.07) is 2.61. The number of aromatic nitrogens is 2. The molecule has 2 aliphatic heterocycles. The Morgan fingerprint density at radius 1 is 1.23 bits per heavy atom. The van der Waals surface area contributed by atoms with Crippen LogP contribution in [0.1, 0.15) is 41.0 Å². The summed E-state index contributed by atoms with van der Waals surface area (Å²) < 4.78 is 10.8. The van der Waals surface area contributed by atoms with Gasteiger partial charge in [-0.15, -0.1) is 0 Å². The van der Waals surface area contributed by atoms with Crippen molar-refractivity contribution in [2.45, 2.75) is 40.0 Å². The molecule has 3 heterocycles. The zero-order valence-electron chi connectivity index (χ0n) is 20.7. The highest BCUT2D eigenvalue weighted by Crippen LogP contribution is 2.18. The van der Waals surface area contributed by atoms with Crippen LogP contribution < -0.4 is 15.7 Å². The van der Waals surface area contributed by atoms with Gasteiger partial charge in [0.25, 0.3) is 5.91 Å². The van der Waals surface area contributed by atoms with E-state index in [0.29, 0.717) is 28.9 Å². The van der Waals surface area contributed by atoms with Crippen molar-refractivity contribution in [3.63, 3.8) is 0 Å². The summed E-state index contributed by atoms with van der Waals surface area (Å²) in [7, 11) is 1.04. The number of rotatable bonds is 7. The fourth-order valence-corrected chi connectivity index (χ4v) is 4.36. The Morgan fingerprint density at radius 2 is 1.97 bits per heavy atom. The van der Waals surface area contributed by atoms with Crippen molar-refractivity contribution in [3.05, 3.63) is 46.9 Å². The van der Waals surface area contributed by atoms with Gasteiger partial charge in [0.15, 0.2) is 0 Å². The number of nitrogens with zero attached hydrogens (tertiary/aromatic N) is 4. The Labute approximate surface area is 205 Å². The van der Waals surface area contributed by atoms with Crippen molar-refractivity contribution in [1.29, 1.82) is 0 Å². The van der Waals surface area contributed by atoms with Gasteiger partial charge in [-0.1, -0.05) is 19.9 Å². The number of likely N-dealkylation sites (N-methyl/N-ethyl adjacent to an activating group) is 1. The minimum atomic E-state index is -1.05. The van der Waals surface area contributed by atoms with E-state index >= 15 is 0 Å². The molecule has 10 nitrogen and oxygen atoms in total. The van der Waals surface area contributed by atoms with Crippen molar-refractivity contribution >= 4 is 30.3 Å². The average Bonchev–Trinajstić information content (AvgIpc) is 3.23. The normalized spacial score (nSPS) is 16.9. The molecule has 2 aliphatic rings. The van der Waals surface area contributed by atoms with Gasteiger partial charge in [-0.2, -0.15) is 0 Å². The van der Waals surface area contributed by atoms with Gasteiger partial charge in [-0.3, -0.25) is 9.78 Å². The Balaban J connectivity index is 1.40. The van der Waals surface area contributed by atoms with Crippen molar-refractivity contribution in [2.24, 2.45) is 5.92 Å². The van der Waals surface area contributed by atoms with E-state index in [1.54, 1.807) is 31.5 Å². The fourth-order valence-electron chi connectivity index (χ4n) is 4.36. The number of nitrogens with one attached hydrogen (secondary N) is 1. The molecule has 35 heavy (non-hydrogen) atoms. The number of fused-ring (bicyclic) bond motifs is 1. The smallest absolute Gasteiger partial charge is 0.458 e. The largest absolute Gasteiger partial charge is 0.492 e. The van der Waals surface area contributed by atoms with Crippen molar-refractivity contribution in [2.75, 3.05) is 38.1 Å². The first-order chi connectivity index (χ1) is 16.7. The van der Waals surface area contributed by atoms with E-state index < -0.39 is 25.0 Å². The summed E-state index contributed by atoms with van der Waals surface area (Å²) >= 11 is 0. The maximum atomic E-state index is 13.0. The molecule has 0 spiro atoms. The van der Waals surface area contributed by atoms with E-state index in [0.717, 1.165) is 37.6 Å². The van der Waals surface area contributed by atoms with Gasteiger partial charge in [-0.25, -0.2) is 9.78 Å². The van der Waals surface area contributed by atoms with Gasteiger partial charge < -0.3 is 29.5 Å². The maximum absolute atomic E-state index is 13.0. The lowest BCUT2D eigenvalue weighted by Gasteiger charge is -2.33. The molecule has 2 aromatic rings. The summed E-state index contributed by atoms with van der Waals surface area (Å²) in [5.41, 5.74) is 3.04. The molecule has 0 unspecified atom stereocenters. The highest BCUT2D eigenvalue weighted by Gasteiger charge is 2.32. The van der Waals surface area contributed by atoms with Crippen LogP contribution in [0, 0.1) is 12.8 Å². The highest BCUT2D eigenvalue weighted by atomic mass is 16.5. The first-order valence-corrected chi connectivity index (χ1v) is 11.9. The molecule has 186 valence electrons. The Bertz CT molecular complexity index is 1090. The number of hydrogen-bond acceptors (Lipinski definition) is 9. The molecule has 0 saturated carbocycles.